The monoisotopic (exact) mass is 172 g/mol. The first-order valence-electron chi connectivity index (χ1n) is 4.05. The summed E-state index contributed by atoms with van der Waals surface area (Å²) in [4.78, 5) is 11.3. The Kier molecular flexibility index (Phi) is 2.38. The average molecular weight is 173 g/mol. The summed E-state index contributed by atoms with van der Waals surface area (Å²) in [6.45, 7) is 0. The van der Waals surface area contributed by atoms with Crippen LogP contribution in [0.25, 0.3) is 0 Å². The van der Waals surface area contributed by atoms with Crippen molar-refractivity contribution in [2.45, 2.75) is 32.1 Å². The van der Waals surface area contributed by atoms with Crippen LogP contribution in [0.5, 0.6) is 0 Å². The summed E-state index contributed by atoms with van der Waals surface area (Å²) in [5.74, 6) is 0.463. The second-order valence-electron chi connectivity index (χ2n) is 3.39. The minimum absolute atomic E-state index is 0. The highest BCUT2D eigenvalue weighted by atomic mass is 35.5. The highest BCUT2D eigenvalue weighted by Gasteiger charge is 2.39. The van der Waals surface area contributed by atoms with Crippen molar-refractivity contribution in [3.8, 4) is 0 Å². The number of hydrogen-bond donors (Lipinski definition) is 0. The lowest BCUT2D eigenvalue weighted by Gasteiger charge is -2.17. The number of hydrogen-bond acceptors (Lipinski definition) is 1. The topological polar surface area (TPSA) is 17.1 Å². The van der Waals surface area contributed by atoms with Crippen molar-refractivity contribution in [3.63, 3.8) is 0 Å². The molecule has 1 saturated carbocycles. The molecule has 2 aliphatic carbocycles. The summed E-state index contributed by atoms with van der Waals surface area (Å²) in [7, 11) is 0. The van der Waals surface area contributed by atoms with Gasteiger partial charge in [-0.25, -0.2) is 0 Å². The zero-order valence-corrected chi connectivity index (χ0v) is 7.32. The van der Waals surface area contributed by atoms with Gasteiger partial charge in [0.05, 0.1) is 0 Å². The molecule has 2 heteroatoms. The Bertz CT molecular complexity index is 190. The molecule has 0 N–H and O–H groups in total. The average Bonchev–Trinajstić information content (AvgIpc) is 2.48. The van der Waals surface area contributed by atoms with Crippen molar-refractivity contribution < 1.29 is 4.79 Å². The molecule has 0 atom stereocenters. The van der Waals surface area contributed by atoms with E-state index in [2.05, 4.69) is 6.08 Å². The Hall–Kier alpha value is -0.300. The Labute approximate surface area is 73.3 Å². The molecule has 0 aromatic heterocycles. The van der Waals surface area contributed by atoms with Crippen molar-refractivity contribution in [3.05, 3.63) is 12.2 Å². The lowest BCUT2D eigenvalue weighted by Crippen LogP contribution is -2.20. The molecule has 0 aromatic carbocycles. The van der Waals surface area contributed by atoms with Gasteiger partial charge in [-0.1, -0.05) is 25.0 Å². The third-order valence-corrected chi connectivity index (χ3v) is 2.79. The third kappa shape index (κ3) is 1.22. The first-order valence-corrected chi connectivity index (χ1v) is 4.05. The smallest absolute Gasteiger partial charge is 0.146 e. The van der Waals surface area contributed by atoms with Crippen LogP contribution in [0.3, 0.4) is 0 Å². The maximum atomic E-state index is 11.3. The second-order valence-corrected chi connectivity index (χ2v) is 3.39. The van der Waals surface area contributed by atoms with E-state index < -0.39 is 0 Å². The van der Waals surface area contributed by atoms with E-state index in [9.17, 15) is 4.79 Å². The van der Waals surface area contributed by atoms with Crippen LogP contribution in [0, 0.1) is 5.41 Å². The van der Waals surface area contributed by atoms with Crippen LogP contribution in [0.1, 0.15) is 32.1 Å². The molecule has 0 saturated heterocycles. The molecule has 0 amide bonds. The predicted molar refractivity (Wildman–Crippen MR) is 46.9 cm³/mol. The van der Waals surface area contributed by atoms with Gasteiger partial charge in [-0.3, -0.25) is 4.79 Å². The molecule has 2 rings (SSSR count). The van der Waals surface area contributed by atoms with Crippen molar-refractivity contribution >= 4 is 18.2 Å². The quantitative estimate of drug-likeness (QED) is 0.514. The van der Waals surface area contributed by atoms with Gasteiger partial charge < -0.3 is 0 Å². The molecule has 62 valence electrons. The Morgan fingerprint density at radius 3 is 2.36 bits per heavy atom. The van der Waals surface area contributed by atoms with Gasteiger partial charge in [0.15, 0.2) is 0 Å². The summed E-state index contributed by atoms with van der Waals surface area (Å²) >= 11 is 0. The molecule has 1 nitrogen and oxygen atoms in total. The van der Waals surface area contributed by atoms with E-state index in [1.165, 1.54) is 12.8 Å². The van der Waals surface area contributed by atoms with E-state index >= 15 is 0 Å². The highest BCUT2D eigenvalue weighted by Crippen LogP contribution is 2.43. The molecule has 0 unspecified atom stereocenters. The predicted octanol–water partition coefficient (Wildman–Crippen LogP) is 2.50. The molecule has 2 aliphatic rings. The van der Waals surface area contributed by atoms with E-state index in [-0.39, 0.29) is 17.8 Å². The molecule has 0 radical (unpaired) electrons. The number of allylic oxidation sites excluding steroid dienone is 2. The van der Waals surface area contributed by atoms with Gasteiger partial charge in [0.2, 0.25) is 0 Å². The van der Waals surface area contributed by atoms with Gasteiger partial charge in [0, 0.05) is 11.8 Å². The lowest BCUT2D eigenvalue weighted by atomic mass is 9.85. The van der Waals surface area contributed by atoms with Gasteiger partial charge in [-0.2, -0.15) is 0 Å². The van der Waals surface area contributed by atoms with Crippen molar-refractivity contribution in [1.82, 2.24) is 0 Å². The van der Waals surface area contributed by atoms with Gasteiger partial charge in [-0.15, -0.1) is 12.4 Å². The zero-order valence-electron chi connectivity index (χ0n) is 6.51. The number of Topliss-reactive ketones (excluding diaryl/α,β-unsaturated/α-hetero) is 1. The van der Waals surface area contributed by atoms with Crippen LogP contribution in [0.15, 0.2) is 12.2 Å². The minimum atomic E-state index is 0. The number of halogens is 1. The standard InChI is InChI=1S/C9H12O.ClH/c10-8-4-3-7-9(8)5-1-2-6-9;/h3,7H,1-2,4-6H2;1H. The number of carbonyl (C=O) groups excluding carboxylic acids is 1. The van der Waals surface area contributed by atoms with Crippen LogP contribution in [-0.4, -0.2) is 5.78 Å². The molecule has 0 heterocycles. The summed E-state index contributed by atoms with van der Waals surface area (Å²) in [6, 6.07) is 0. The molecule has 0 aliphatic heterocycles. The maximum Gasteiger partial charge on any atom is 0.146 e. The summed E-state index contributed by atoms with van der Waals surface area (Å²) < 4.78 is 0. The number of rotatable bonds is 0. The van der Waals surface area contributed by atoms with Crippen molar-refractivity contribution in [2.24, 2.45) is 5.41 Å². The molecular weight excluding hydrogens is 160 g/mol. The third-order valence-electron chi connectivity index (χ3n) is 2.79. The van der Waals surface area contributed by atoms with E-state index in [1.807, 2.05) is 6.08 Å². The van der Waals surface area contributed by atoms with E-state index in [0.29, 0.717) is 12.2 Å². The maximum absolute atomic E-state index is 11.3. The molecular formula is C9H13ClO. The lowest BCUT2D eigenvalue weighted by molar-refractivity contribution is -0.124. The normalized spacial score (nSPS) is 26.0. The summed E-state index contributed by atoms with van der Waals surface area (Å²) in [5, 5.41) is 0. The molecule has 1 spiro atoms. The van der Waals surface area contributed by atoms with E-state index in [1.54, 1.807) is 0 Å². The first-order chi connectivity index (χ1) is 4.83. The largest absolute Gasteiger partial charge is 0.298 e. The van der Waals surface area contributed by atoms with Crippen LogP contribution in [0.2, 0.25) is 0 Å². The van der Waals surface area contributed by atoms with Crippen molar-refractivity contribution in [1.29, 1.82) is 0 Å². The van der Waals surface area contributed by atoms with Gasteiger partial charge in [0.1, 0.15) is 5.78 Å². The van der Waals surface area contributed by atoms with Crippen LogP contribution >= 0.6 is 12.4 Å². The van der Waals surface area contributed by atoms with Crippen molar-refractivity contribution in [2.75, 3.05) is 0 Å². The second kappa shape index (κ2) is 2.98. The Morgan fingerprint density at radius 1 is 1.27 bits per heavy atom. The van der Waals surface area contributed by atoms with Crippen LogP contribution in [-0.2, 0) is 4.79 Å². The highest BCUT2D eigenvalue weighted by molar-refractivity contribution is 5.90. The Balaban J connectivity index is 0.000000605. The van der Waals surface area contributed by atoms with Crippen LogP contribution < -0.4 is 0 Å². The summed E-state index contributed by atoms with van der Waals surface area (Å²) in [5.41, 5.74) is 0.0278. The Morgan fingerprint density at radius 2 is 1.91 bits per heavy atom. The number of carbonyl (C=O) groups is 1. The molecule has 11 heavy (non-hydrogen) atoms. The van der Waals surface area contributed by atoms with E-state index in [0.717, 1.165) is 12.8 Å². The number of ketones is 1. The molecule has 0 bridgehead atoms. The van der Waals surface area contributed by atoms with Crippen LogP contribution in [0.4, 0.5) is 0 Å². The first kappa shape index (κ1) is 8.79. The molecule has 1 fully saturated rings. The van der Waals surface area contributed by atoms with Gasteiger partial charge >= 0.3 is 0 Å². The van der Waals surface area contributed by atoms with Gasteiger partial charge in [-0.05, 0) is 12.8 Å². The fourth-order valence-corrected chi connectivity index (χ4v) is 2.14. The van der Waals surface area contributed by atoms with E-state index in [4.69, 9.17) is 0 Å². The minimum Gasteiger partial charge on any atom is -0.298 e. The molecule has 0 aromatic rings. The fraction of sp³-hybridized carbons (Fsp3) is 0.667. The zero-order chi connectivity index (χ0) is 7.03. The SMILES string of the molecule is Cl.O=C1CC=CC12CCCC2. The summed E-state index contributed by atoms with van der Waals surface area (Å²) in [6.07, 6.45) is 9.59. The van der Waals surface area contributed by atoms with Gasteiger partial charge in [0.25, 0.3) is 0 Å². The fourth-order valence-electron chi connectivity index (χ4n) is 2.14.